The van der Waals surface area contributed by atoms with E-state index >= 15 is 0 Å². The zero-order valence-corrected chi connectivity index (χ0v) is 18.3. The van der Waals surface area contributed by atoms with Crippen molar-refractivity contribution in [2.24, 2.45) is 0 Å². The first-order valence-corrected chi connectivity index (χ1v) is 11.2. The molecular formula is C23H21N2O3S2+. The maximum Gasteiger partial charge on any atom is 0.425 e. The van der Waals surface area contributed by atoms with E-state index in [0.29, 0.717) is 17.0 Å². The average Bonchev–Trinajstić information content (AvgIpc) is 3.29. The van der Waals surface area contributed by atoms with Crippen molar-refractivity contribution in [3.63, 3.8) is 0 Å². The minimum absolute atomic E-state index is 0.0255. The molecule has 152 valence electrons. The molecule has 5 nitrogen and oxygen atoms in total. The molecule has 0 radical (unpaired) electrons. The number of rotatable bonds is 5. The minimum Gasteiger partial charge on any atom is -0.496 e. The molecule has 1 aromatic carbocycles. The van der Waals surface area contributed by atoms with Crippen LogP contribution in [0.2, 0.25) is 0 Å². The Hall–Kier alpha value is -2.90. The fourth-order valence-electron chi connectivity index (χ4n) is 3.28. The third kappa shape index (κ3) is 4.17. The van der Waals surface area contributed by atoms with Crippen molar-refractivity contribution in [1.29, 1.82) is 0 Å². The zero-order valence-electron chi connectivity index (χ0n) is 16.6. The van der Waals surface area contributed by atoms with E-state index in [9.17, 15) is 9.59 Å². The van der Waals surface area contributed by atoms with Crippen LogP contribution in [-0.4, -0.2) is 41.5 Å². The Morgan fingerprint density at radius 2 is 2.10 bits per heavy atom. The predicted molar refractivity (Wildman–Crippen MR) is 122 cm³/mol. The van der Waals surface area contributed by atoms with Gasteiger partial charge in [-0.15, -0.1) is 11.3 Å². The lowest BCUT2D eigenvalue weighted by atomic mass is 10.0. The van der Waals surface area contributed by atoms with Crippen molar-refractivity contribution < 1.29 is 18.9 Å². The second kappa shape index (κ2) is 8.85. The van der Waals surface area contributed by atoms with Crippen LogP contribution >= 0.6 is 23.1 Å². The summed E-state index contributed by atoms with van der Waals surface area (Å²) in [7, 11) is 3.36. The Balaban J connectivity index is 1.56. The highest BCUT2D eigenvalue weighted by molar-refractivity contribution is 8.05. The van der Waals surface area contributed by atoms with Crippen molar-refractivity contribution >= 4 is 46.7 Å². The topological polar surface area (TPSA) is 58.4 Å². The van der Waals surface area contributed by atoms with E-state index in [0.717, 1.165) is 21.9 Å². The molecule has 0 fully saturated rings. The van der Waals surface area contributed by atoms with Crippen LogP contribution in [0.15, 0.2) is 70.5 Å². The number of carbonyl (C=O) groups is 2. The lowest BCUT2D eigenvalue weighted by molar-refractivity contribution is -0.413. The number of thioether (sulfide) groups is 1. The second-order valence-corrected chi connectivity index (χ2v) is 9.01. The summed E-state index contributed by atoms with van der Waals surface area (Å²) in [5, 5.41) is 4.89. The summed E-state index contributed by atoms with van der Waals surface area (Å²) in [6, 6.07) is 11.6. The van der Waals surface area contributed by atoms with Gasteiger partial charge in [-0.1, -0.05) is 48.2 Å². The molecule has 0 saturated heterocycles. The van der Waals surface area contributed by atoms with E-state index in [-0.39, 0.29) is 17.1 Å². The molecule has 2 aromatic rings. The quantitative estimate of drug-likeness (QED) is 0.573. The molecule has 2 heterocycles. The molecule has 0 spiro atoms. The van der Waals surface area contributed by atoms with Gasteiger partial charge >= 0.3 is 5.91 Å². The molecule has 0 saturated carbocycles. The smallest absolute Gasteiger partial charge is 0.425 e. The number of benzene rings is 1. The van der Waals surface area contributed by atoms with Crippen LogP contribution in [0.5, 0.6) is 5.75 Å². The zero-order chi connectivity index (χ0) is 21.1. The maximum absolute atomic E-state index is 13.0. The molecule has 1 N–H and O–H groups in total. The fraction of sp³-hybridized carbons (Fsp3) is 0.174. The van der Waals surface area contributed by atoms with Crippen LogP contribution in [0.1, 0.15) is 10.4 Å². The van der Waals surface area contributed by atoms with Crippen molar-refractivity contribution in [3.8, 4) is 5.75 Å². The van der Waals surface area contributed by atoms with Crippen molar-refractivity contribution in [2.75, 3.05) is 14.2 Å². The maximum atomic E-state index is 13.0. The van der Waals surface area contributed by atoms with Gasteiger partial charge in [-0.25, -0.2) is 4.79 Å². The number of fused-ring (bicyclic) bond motifs is 1. The predicted octanol–water partition coefficient (Wildman–Crippen LogP) is 3.64. The van der Waals surface area contributed by atoms with Gasteiger partial charge in [0.1, 0.15) is 23.0 Å². The van der Waals surface area contributed by atoms with Crippen molar-refractivity contribution in [2.45, 2.75) is 11.8 Å². The van der Waals surface area contributed by atoms with Gasteiger partial charge in [0, 0.05) is 22.1 Å². The number of methoxy groups -OCH3 is 1. The second-order valence-electron chi connectivity index (χ2n) is 6.80. The minimum atomic E-state index is -0.146. The monoisotopic (exact) mass is 437 g/mol. The summed E-state index contributed by atoms with van der Waals surface area (Å²) in [5.41, 5.74) is 2.22. The normalized spacial score (nSPS) is 19.5. The lowest BCUT2D eigenvalue weighted by Crippen LogP contribution is -2.37. The molecule has 4 rings (SSSR count). The standard InChI is InChI=1S/C23H20N2O3S2/c1-25-18-12-16(22(26)24-14-17-7-5-11-29-17)9-10-20(18)30-21(23(25)27)13-15-6-3-4-8-19(15)28-2/h3-13,20H,14H2,1-2H3/p+1/b21-13+. The van der Waals surface area contributed by atoms with Crippen LogP contribution < -0.4 is 10.1 Å². The largest absolute Gasteiger partial charge is 0.496 e. The van der Waals surface area contributed by atoms with Crippen LogP contribution in [0.4, 0.5) is 0 Å². The Morgan fingerprint density at radius 3 is 2.87 bits per heavy atom. The summed E-state index contributed by atoms with van der Waals surface area (Å²) >= 11 is 3.09. The van der Waals surface area contributed by atoms with Gasteiger partial charge in [-0.2, -0.15) is 4.58 Å². The first kappa shape index (κ1) is 20.4. The van der Waals surface area contributed by atoms with Crippen LogP contribution in [0.3, 0.4) is 0 Å². The molecular weight excluding hydrogens is 416 g/mol. The van der Waals surface area contributed by atoms with Crippen molar-refractivity contribution in [1.82, 2.24) is 5.32 Å². The number of nitrogens with one attached hydrogen (secondary N) is 1. The van der Waals surface area contributed by atoms with E-state index in [4.69, 9.17) is 4.74 Å². The van der Waals surface area contributed by atoms with E-state index in [1.54, 1.807) is 36.1 Å². The number of likely N-dealkylation sites (N-methyl/N-ethyl adjacent to an activating group) is 1. The van der Waals surface area contributed by atoms with Crippen LogP contribution in [0.25, 0.3) is 6.08 Å². The number of thiophene rings is 1. The number of carbonyl (C=O) groups excluding carboxylic acids is 2. The van der Waals surface area contributed by atoms with Gasteiger partial charge < -0.3 is 10.1 Å². The highest BCUT2D eigenvalue weighted by Crippen LogP contribution is 2.34. The molecule has 2 amide bonds. The molecule has 1 aromatic heterocycles. The number of nitrogens with zero attached hydrogens (tertiary/aromatic N) is 1. The number of ether oxygens (including phenoxy) is 1. The summed E-state index contributed by atoms with van der Waals surface area (Å²) < 4.78 is 7.02. The fourth-order valence-corrected chi connectivity index (χ4v) is 5.14. The third-order valence-corrected chi connectivity index (χ3v) is 6.97. The molecule has 1 atom stereocenters. The summed E-state index contributed by atoms with van der Waals surface area (Å²) in [6.45, 7) is 0.496. The summed E-state index contributed by atoms with van der Waals surface area (Å²) in [4.78, 5) is 27.3. The Kier molecular flexibility index (Phi) is 6.01. The number of hydrogen-bond acceptors (Lipinski definition) is 5. The lowest BCUT2D eigenvalue weighted by Gasteiger charge is -2.21. The van der Waals surface area contributed by atoms with E-state index < -0.39 is 0 Å². The Morgan fingerprint density at radius 1 is 1.27 bits per heavy atom. The van der Waals surface area contributed by atoms with Gasteiger partial charge in [0.05, 0.1) is 13.7 Å². The molecule has 7 heteroatoms. The van der Waals surface area contributed by atoms with Gasteiger partial charge in [0.2, 0.25) is 5.71 Å². The number of hydrogen-bond donors (Lipinski definition) is 1. The van der Waals surface area contributed by atoms with Crippen LogP contribution in [0, 0.1) is 0 Å². The highest BCUT2D eigenvalue weighted by Gasteiger charge is 2.38. The van der Waals surface area contributed by atoms with E-state index in [1.165, 1.54) is 11.8 Å². The molecule has 0 bridgehead atoms. The molecule has 1 unspecified atom stereocenters. The molecule has 30 heavy (non-hydrogen) atoms. The first-order chi connectivity index (χ1) is 14.6. The van der Waals surface area contributed by atoms with Gasteiger partial charge in [-0.3, -0.25) is 4.79 Å². The number of amides is 2. The first-order valence-electron chi connectivity index (χ1n) is 9.43. The number of allylic oxidation sites excluding steroid dienone is 1. The van der Waals surface area contributed by atoms with Gasteiger partial charge in [-0.05, 0) is 23.6 Å². The Bertz CT molecular complexity index is 1110. The molecule has 1 aliphatic carbocycles. The molecule has 2 aliphatic rings. The summed E-state index contributed by atoms with van der Waals surface area (Å²) in [6.07, 6.45) is 7.47. The number of para-hydroxylation sites is 1. The molecule has 1 aliphatic heterocycles. The van der Waals surface area contributed by atoms with E-state index in [1.807, 2.05) is 60.0 Å². The average molecular weight is 438 g/mol. The highest BCUT2D eigenvalue weighted by atomic mass is 32.2. The SMILES string of the molecule is COc1ccccc1/C=C1/SC2C=CC(C(=O)NCc3cccs3)=CC2=[N+](C)C1=O. The third-order valence-electron chi connectivity index (χ3n) is 4.89. The van der Waals surface area contributed by atoms with Gasteiger partial charge in [0.25, 0.3) is 5.91 Å². The summed E-state index contributed by atoms with van der Waals surface area (Å²) in [5.74, 6) is 0.480. The van der Waals surface area contributed by atoms with E-state index in [2.05, 4.69) is 5.32 Å². The van der Waals surface area contributed by atoms with Gasteiger partial charge in [0.15, 0.2) is 0 Å². The van der Waals surface area contributed by atoms with Crippen LogP contribution in [-0.2, 0) is 16.1 Å². The van der Waals surface area contributed by atoms with Crippen molar-refractivity contribution in [3.05, 3.63) is 80.9 Å². The Labute approximate surface area is 183 Å².